The van der Waals surface area contributed by atoms with Crippen molar-refractivity contribution >= 4 is 22.9 Å². The summed E-state index contributed by atoms with van der Waals surface area (Å²) in [5.41, 5.74) is 3.61. The van der Waals surface area contributed by atoms with Crippen LogP contribution in [0.2, 0.25) is 0 Å². The number of piperidine rings is 1. The third kappa shape index (κ3) is 3.57. The van der Waals surface area contributed by atoms with E-state index >= 15 is 0 Å². The highest BCUT2D eigenvalue weighted by Gasteiger charge is 2.28. The maximum Gasteiger partial charge on any atom is 0.226 e. The third-order valence-electron chi connectivity index (χ3n) is 5.88. The van der Waals surface area contributed by atoms with Gasteiger partial charge in [0.25, 0.3) is 0 Å². The van der Waals surface area contributed by atoms with E-state index in [1.165, 1.54) is 12.8 Å². The van der Waals surface area contributed by atoms with Crippen molar-refractivity contribution in [2.75, 3.05) is 32.1 Å². The minimum Gasteiger partial charge on any atom is -0.356 e. The molecule has 1 amide bonds. The summed E-state index contributed by atoms with van der Waals surface area (Å²) in [4.78, 5) is 33.9. The van der Waals surface area contributed by atoms with E-state index in [0.717, 1.165) is 47.9 Å². The molecule has 150 valence electrons. The van der Waals surface area contributed by atoms with E-state index in [9.17, 15) is 4.79 Å². The zero-order valence-corrected chi connectivity index (χ0v) is 16.9. The van der Waals surface area contributed by atoms with Gasteiger partial charge >= 0.3 is 0 Å². The van der Waals surface area contributed by atoms with E-state index in [0.29, 0.717) is 18.1 Å². The number of rotatable bonds is 4. The van der Waals surface area contributed by atoms with Crippen molar-refractivity contribution in [1.82, 2.24) is 24.8 Å². The molecule has 3 aromatic rings. The summed E-state index contributed by atoms with van der Waals surface area (Å²) in [5, 5.41) is 0. The van der Waals surface area contributed by atoms with Gasteiger partial charge in [-0.05, 0) is 49.9 Å². The lowest BCUT2D eigenvalue weighted by Crippen LogP contribution is -2.43. The van der Waals surface area contributed by atoms with Gasteiger partial charge in [0.1, 0.15) is 11.5 Å². The van der Waals surface area contributed by atoms with Gasteiger partial charge in [-0.25, -0.2) is 15.0 Å². The molecule has 0 bridgehead atoms. The van der Waals surface area contributed by atoms with Gasteiger partial charge in [-0.2, -0.15) is 0 Å². The Hall–Kier alpha value is -2.96. The van der Waals surface area contributed by atoms with Crippen molar-refractivity contribution in [3.63, 3.8) is 0 Å². The first kappa shape index (κ1) is 18.1. The fraction of sp³-hybridized carbons (Fsp3) is 0.455. The molecule has 7 nitrogen and oxygen atoms in total. The number of imidazole rings is 1. The van der Waals surface area contributed by atoms with Crippen LogP contribution >= 0.6 is 0 Å². The Bertz CT molecular complexity index is 1050. The number of nitrogens with one attached hydrogen (secondary N) is 1. The summed E-state index contributed by atoms with van der Waals surface area (Å²) < 4.78 is 0. The van der Waals surface area contributed by atoms with Crippen LogP contribution < -0.4 is 4.90 Å². The predicted octanol–water partition coefficient (Wildman–Crippen LogP) is 3.20. The summed E-state index contributed by atoms with van der Waals surface area (Å²) in [6, 6.07) is 10.2. The molecule has 2 fully saturated rings. The first-order valence-corrected chi connectivity index (χ1v) is 10.4. The molecule has 0 aromatic carbocycles. The highest BCUT2D eigenvalue weighted by atomic mass is 16.2. The lowest BCUT2D eigenvalue weighted by atomic mass is 9.97. The number of aromatic nitrogens is 4. The molecular formula is C22H26N6O. The molecule has 3 aromatic heterocycles. The second-order valence-corrected chi connectivity index (χ2v) is 8.37. The summed E-state index contributed by atoms with van der Waals surface area (Å²) in [6.07, 6.45) is 4.39. The van der Waals surface area contributed by atoms with Crippen LogP contribution in [-0.2, 0) is 4.79 Å². The van der Waals surface area contributed by atoms with Gasteiger partial charge in [-0.3, -0.25) is 4.79 Å². The fourth-order valence-electron chi connectivity index (χ4n) is 4.12. The second kappa shape index (κ2) is 7.13. The number of fused-ring (bicyclic) bond motifs is 1. The number of carbonyl (C=O) groups is 1. The average Bonchev–Trinajstić information content (AvgIpc) is 3.51. The highest BCUT2D eigenvalue weighted by Crippen LogP contribution is 2.39. The number of carbonyl (C=O) groups excluding carboxylic acids is 1. The number of anilines is 1. The molecule has 1 saturated heterocycles. The Kier molecular flexibility index (Phi) is 4.45. The molecule has 0 spiro atoms. The number of hydrogen-bond acceptors (Lipinski definition) is 5. The first-order chi connectivity index (χ1) is 14.1. The number of amides is 1. The van der Waals surface area contributed by atoms with Gasteiger partial charge in [0, 0.05) is 38.8 Å². The first-order valence-electron chi connectivity index (χ1n) is 10.4. The van der Waals surface area contributed by atoms with Crippen molar-refractivity contribution in [3.8, 4) is 11.5 Å². The summed E-state index contributed by atoms with van der Waals surface area (Å²) in [6.45, 7) is 1.62. The van der Waals surface area contributed by atoms with E-state index < -0.39 is 0 Å². The maximum absolute atomic E-state index is 12.4. The molecule has 2 aliphatic rings. The Balaban J connectivity index is 1.41. The highest BCUT2D eigenvalue weighted by molar-refractivity contribution is 5.80. The van der Waals surface area contributed by atoms with Gasteiger partial charge in [0.05, 0.1) is 11.4 Å². The molecule has 1 N–H and O–H groups in total. The zero-order valence-electron chi connectivity index (χ0n) is 16.9. The van der Waals surface area contributed by atoms with Crippen molar-refractivity contribution in [2.24, 2.45) is 5.92 Å². The molecular weight excluding hydrogens is 364 g/mol. The Labute approximate surface area is 170 Å². The molecule has 1 aliphatic heterocycles. The van der Waals surface area contributed by atoms with Gasteiger partial charge < -0.3 is 14.8 Å². The van der Waals surface area contributed by atoms with Crippen LogP contribution in [-0.4, -0.2) is 57.9 Å². The number of aromatic amines is 1. The summed E-state index contributed by atoms with van der Waals surface area (Å²) in [7, 11) is 3.65. The smallest absolute Gasteiger partial charge is 0.226 e. The van der Waals surface area contributed by atoms with Crippen LogP contribution in [0.15, 0.2) is 30.3 Å². The van der Waals surface area contributed by atoms with Crippen LogP contribution in [0, 0.1) is 5.92 Å². The van der Waals surface area contributed by atoms with Crippen LogP contribution in [0.4, 0.5) is 5.82 Å². The molecule has 1 atom stereocenters. The number of nitrogens with zero attached hydrogens (tertiary/aromatic N) is 5. The summed E-state index contributed by atoms with van der Waals surface area (Å²) in [5.74, 6) is 2.47. The topological polar surface area (TPSA) is 78.0 Å². The fourth-order valence-corrected chi connectivity index (χ4v) is 4.12. The molecule has 1 saturated carbocycles. The van der Waals surface area contributed by atoms with Gasteiger partial charge in [0.2, 0.25) is 5.91 Å². The third-order valence-corrected chi connectivity index (χ3v) is 5.88. The normalized spacial score (nSPS) is 19.5. The largest absolute Gasteiger partial charge is 0.356 e. The van der Waals surface area contributed by atoms with Crippen LogP contribution in [0.5, 0.6) is 0 Å². The van der Waals surface area contributed by atoms with Gasteiger partial charge in [-0.15, -0.1) is 0 Å². The molecule has 4 heterocycles. The molecule has 7 heteroatoms. The van der Waals surface area contributed by atoms with E-state index in [2.05, 4.69) is 22.0 Å². The Morgan fingerprint density at radius 1 is 1.10 bits per heavy atom. The van der Waals surface area contributed by atoms with Crippen molar-refractivity contribution in [3.05, 3.63) is 36.0 Å². The minimum atomic E-state index is 0.0281. The molecule has 5 rings (SSSR count). The molecule has 1 aliphatic carbocycles. The number of H-pyrrole nitrogens is 1. The Morgan fingerprint density at radius 2 is 1.97 bits per heavy atom. The summed E-state index contributed by atoms with van der Waals surface area (Å²) >= 11 is 0. The standard InChI is InChI=1S/C22H26N6O/c1-27(2)22(29)15-5-4-12-28(13-15)19-11-10-18-21(25-19)26-20(24-18)17-7-3-6-16(23-17)14-8-9-14/h3,6-7,10-11,14-15H,4-5,8-9,12-13H2,1-2H3,(H,24,25,26). The zero-order chi connectivity index (χ0) is 20.0. The van der Waals surface area contributed by atoms with Crippen molar-refractivity contribution in [2.45, 2.75) is 31.6 Å². The molecule has 0 radical (unpaired) electrons. The van der Waals surface area contributed by atoms with E-state index in [-0.39, 0.29) is 11.8 Å². The van der Waals surface area contributed by atoms with E-state index in [1.807, 2.05) is 32.3 Å². The maximum atomic E-state index is 12.4. The minimum absolute atomic E-state index is 0.0281. The lowest BCUT2D eigenvalue weighted by Gasteiger charge is -2.33. The van der Waals surface area contributed by atoms with Crippen molar-refractivity contribution in [1.29, 1.82) is 0 Å². The van der Waals surface area contributed by atoms with Crippen LogP contribution in [0.1, 0.15) is 37.3 Å². The SMILES string of the molecule is CN(C)C(=O)C1CCCN(c2ccc3[nH]c(-c4cccc(C5CC5)n4)nc3n2)C1. The van der Waals surface area contributed by atoms with Gasteiger partial charge in [0.15, 0.2) is 11.5 Å². The lowest BCUT2D eigenvalue weighted by molar-refractivity contribution is -0.133. The predicted molar refractivity (Wildman–Crippen MR) is 113 cm³/mol. The quantitative estimate of drug-likeness (QED) is 0.740. The second-order valence-electron chi connectivity index (χ2n) is 8.37. The number of pyridine rings is 2. The van der Waals surface area contributed by atoms with Gasteiger partial charge in [-0.1, -0.05) is 6.07 Å². The monoisotopic (exact) mass is 390 g/mol. The number of hydrogen-bond donors (Lipinski definition) is 1. The molecule has 1 unspecified atom stereocenters. The van der Waals surface area contributed by atoms with Crippen LogP contribution in [0.3, 0.4) is 0 Å². The average molecular weight is 390 g/mol. The van der Waals surface area contributed by atoms with Crippen molar-refractivity contribution < 1.29 is 4.79 Å². The van der Waals surface area contributed by atoms with Crippen LogP contribution in [0.25, 0.3) is 22.7 Å². The van der Waals surface area contributed by atoms with E-state index in [1.54, 1.807) is 4.90 Å². The van der Waals surface area contributed by atoms with E-state index in [4.69, 9.17) is 15.0 Å². The Morgan fingerprint density at radius 3 is 2.76 bits per heavy atom. The molecule has 29 heavy (non-hydrogen) atoms.